The first kappa shape index (κ1) is 25.3. The minimum atomic E-state index is -4.57. The van der Waals surface area contributed by atoms with E-state index in [1.54, 1.807) is 4.68 Å². The maximum atomic E-state index is 13.2. The number of nitrogens with one attached hydrogen (secondary N) is 2. The molecule has 3 aromatic rings. The SMILES string of the molecule is FC(F)(F)c1nn(CCCNC(=S)Nc2nn(Cc3ccccc3Cl)cc2Br)c(C2CC2)c1Cl. The molecular weight excluding hydrogens is 576 g/mol. The summed E-state index contributed by atoms with van der Waals surface area (Å²) in [5, 5.41) is 15.0. The number of halogens is 6. The van der Waals surface area contributed by atoms with E-state index in [2.05, 4.69) is 36.8 Å². The molecule has 2 heterocycles. The van der Waals surface area contributed by atoms with Crippen LogP contribution in [0, 0.1) is 0 Å². The van der Waals surface area contributed by atoms with E-state index in [-0.39, 0.29) is 10.9 Å². The molecule has 0 bridgehead atoms. The minimum Gasteiger partial charge on any atom is -0.362 e. The Bertz CT molecular complexity index is 1190. The summed E-state index contributed by atoms with van der Waals surface area (Å²) >= 11 is 21.0. The molecule has 182 valence electrons. The number of aryl methyl sites for hydroxylation is 1. The smallest absolute Gasteiger partial charge is 0.362 e. The molecule has 2 aromatic heterocycles. The van der Waals surface area contributed by atoms with Crippen LogP contribution in [0.2, 0.25) is 10.0 Å². The topological polar surface area (TPSA) is 59.7 Å². The maximum absolute atomic E-state index is 13.2. The van der Waals surface area contributed by atoms with Crippen LogP contribution in [0.4, 0.5) is 19.0 Å². The van der Waals surface area contributed by atoms with Gasteiger partial charge in [0.25, 0.3) is 0 Å². The van der Waals surface area contributed by atoms with Gasteiger partial charge in [-0.1, -0.05) is 41.4 Å². The van der Waals surface area contributed by atoms with Crippen LogP contribution in [-0.4, -0.2) is 31.2 Å². The van der Waals surface area contributed by atoms with E-state index in [9.17, 15) is 13.2 Å². The predicted octanol–water partition coefficient (Wildman–Crippen LogP) is 6.47. The quantitative estimate of drug-likeness (QED) is 0.231. The van der Waals surface area contributed by atoms with Gasteiger partial charge in [0.05, 0.1) is 21.7 Å². The lowest BCUT2D eigenvalue weighted by Crippen LogP contribution is -2.30. The van der Waals surface area contributed by atoms with Crippen molar-refractivity contribution in [2.75, 3.05) is 11.9 Å². The monoisotopic (exact) mass is 594 g/mol. The summed E-state index contributed by atoms with van der Waals surface area (Å²) in [5.41, 5.74) is 0.394. The van der Waals surface area contributed by atoms with Crippen molar-refractivity contribution in [3.63, 3.8) is 0 Å². The summed E-state index contributed by atoms with van der Waals surface area (Å²) in [4.78, 5) is 0. The molecule has 0 atom stereocenters. The van der Waals surface area contributed by atoms with E-state index in [0.29, 0.717) is 47.7 Å². The third-order valence-corrected chi connectivity index (χ3v) is 6.80. The largest absolute Gasteiger partial charge is 0.436 e. The van der Waals surface area contributed by atoms with E-state index in [1.807, 2.05) is 30.5 Å². The van der Waals surface area contributed by atoms with Gasteiger partial charge in [-0.2, -0.15) is 23.4 Å². The average molecular weight is 596 g/mol. The first-order valence-electron chi connectivity index (χ1n) is 10.5. The molecule has 0 unspecified atom stereocenters. The van der Waals surface area contributed by atoms with Gasteiger partial charge in [0.15, 0.2) is 16.6 Å². The lowest BCUT2D eigenvalue weighted by atomic mass is 10.2. The van der Waals surface area contributed by atoms with Crippen molar-refractivity contribution in [2.45, 2.75) is 44.4 Å². The predicted molar refractivity (Wildman–Crippen MR) is 134 cm³/mol. The summed E-state index contributed by atoms with van der Waals surface area (Å²) in [7, 11) is 0. The van der Waals surface area contributed by atoms with Crippen LogP contribution < -0.4 is 10.6 Å². The standard InChI is InChI=1S/C21H20BrCl2F3N6S/c22-14-11-32(10-13-4-1-2-5-15(13)23)31-19(14)29-20(34)28-8-3-9-33-17(12-6-7-12)16(24)18(30-33)21(25,26)27/h1-2,4-5,11-12H,3,6-10H2,(H2,28,29,31,34). The Morgan fingerprint density at radius 2 is 1.94 bits per heavy atom. The Hall–Kier alpha value is -1.82. The van der Waals surface area contributed by atoms with Crippen LogP contribution >= 0.6 is 51.3 Å². The van der Waals surface area contributed by atoms with E-state index >= 15 is 0 Å². The van der Waals surface area contributed by atoms with Gasteiger partial charge in [0.1, 0.15) is 0 Å². The molecule has 1 aliphatic carbocycles. The summed E-state index contributed by atoms with van der Waals surface area (Å²) in [6, 6.07) is 7.52. The molecule has 1 aromatic carbocycles. The molecule has 6 nitrogen and oxygen atoms in total. The van der Waals surface area contributed by atoms with E-state index in [0.717, 1.165) is 22.9 Å². The first-order valence-corrected chi connectivity index (χ1v) is 12.4. The van der Waals surface area contributed by atoms with Crippen LogP contribution in [0.1, 0.15) is 42.1 Å². The molecule has 4 rings (SSSR count). The van der Waals surface area contributed by atoms with Gasteiger partial charge in [-0.25, -0.2) is 0 Å². The zero-order valence-electron chi connectivity index (χ0n) is 17.7. The number of hydrogen-bond acceptors (Lipinski definition) is 3. The molecule has 1 aliphatic rings. The summed E-state index contributed by atoms with van der Waals surface area (Å²) < 4.78 is 43.4. The summed E-state index contributed by atoms with van der Waals surface area (Å²) in [6.45, 7) is 1.23. The third-order valence-electron chi connectivity index (χ3n) is 5.24. The highest BCUT2D eigenvalue weighted by atomic mass is 79.9. The molecule has 0 amide bonds. The molecule has 34 heavy (non-hydrogen) atoms. The average Bonchev–Trinajstić information content (AvgIpc) is 3.45. The van der Waals surface area contributed by atoms with E-state index in [1.165, 1.54) is 4.68 Å². The van der Waals surface area contributed by atoms with Crippen molar-refractivity contribution in [1.82, 2.24) is 24.9 Å². The van der Waals surface area contributed by atoms with Crippen molar-refractivity contribution in [3.8, 4) is 0 Å². The lowest BCUT2D eigenvalue weighted by molar-refractivity contribution is -0.141. The fourth-order valence-corrected chi connectivity index (χ4v) is 4.70. The van der Waals surface area contributed by atoms with E-state index in [4.69, 9.17) is 35.4 Å². The molecule has 1 fully saturated rings. The van der Waals surface area contributed by atoms with Crippen LogP contribution in [-0.2, 0) is 19.3 Å². The van der Waals surface area contributed by atoms with E-state index < -0.39 is 11.9 Å². The second-order valence-electron chi connectivity index (χ2n) is 7.89. The zero-order chi connectivity index (χ0) is 24.5. The highest BCUT2D eigenvalue weighted by Gasteiger charge is 2.41. The lowest BCUT2D eigenvalue weighted by Gasteiger charge is -2.10. The molecule has 0 radical (unpaired) electrons. The summed E-state index contributed by atoms with van der Waals surface area (Å²) in [6.07, 6.45) is -0.593. The number of rotatable bonds is 8. The number of alkyl halides is 3. The van der Waals surface area contributed by atoms with Gasteiger partial charge in [-0.05, 0) is 59.0 Å². The number of anilines is 1. The van der Waals surface area contributed by atoms with Gasteiger partial charge in [-0.3, -0.25) is 9.36 Å². The molecule has 0 saturated heterocycles. The maximum Gasteiger partial charge on any atom is 0.436 e. The molecule has 13 heteroatoms. The third kappa shape index (κ3) is 6.05. The molecule has 2 N–H and O–H groups in total. The van der Waals surface area contributed by atoms with Gasteiger partial charge in [-0.15, -0.1) is 0 Å². The van der Waals surface area contributed by atoms with Gasteiger partial charge >= 0.3 is 6.18 Å². The van der Waals surface area contributed by atoms with Crippen molar-refractivity contribution in [3.05, 3.63) is 61.9 Å². The fraction of sp³-hybridized carbons (Fsp3) is 0.381. The number of thiocarbonyl (C=S) groups is 1. The minimum absolute atomic E-state index is 0.0463. The van der Waals surface area contributed by atoms with Crippen molar-refractivity contribution in [2.24, 2.45) is 0 Å². The van der Waals surface area contributed by atoms with Gasteiger partial charge < -0.3 is 10.6 Å². The molecular formula is C21H20BrCl2F3N6S. The molecule has 1 saturated carbocycles. The Labute approximate surface area is 217 Å². The normalized spacial score (nSPS) is 13.8. The Morgan fingerprint density at radius 3 is 2.62 bits per heavy atom. The van der Waals surface area contributed by atoms with Crippen LogP contribution in [0.5, 0.6) is 0 Å². The van der Waals surface area contributed by atoms with Crippen molar-refractivity contribution < 1.29 is 13.2 Å². The Kier molecular flexibility index (Phi) is 7.75. The van der Waals surface area contributed by atoms with Crippen LogP contribution in [0.15, 0.2) is 34.9 Å². The first-order chi connectivity index (χ1) is 16.1. The highest BCUT2D eigenvalue weighted by Crippen LogP contribution is 2.46. The number of benzene rings is 1. The summed E-state index contributed by atoms with van der Waals surface area (Å²) in [5.74, 6) is 0.583. The number of aromatic nitrogens is 4. The zero-order valence-corrected chi connectivity index (χ0v) is 21.6. The molecule has 0 spiro atoms. The second-order valence-corrected chi connectivity index (χ2v) is 9.94. The molecule has 0 aliphatic heterocycles. The van der Waals surface area contributed by atoms with Crippen molar-refractivity contribution in [1.29, 1.82) is 0 Å². The Balaban J connectivity index is 1.29. The van der Waals surface area contributed by atoms with Gasteiger partial charge in [0.2, 0.25) is 0 Å². The number of hydrogen-bond donors (Lipinski definition) is 2. The number of nitrogens with zero attached hydrogens (tertiary/aromatic N) is 4. The van der Waals surface area contributed by atoms with Crippen molar-refractivity contribution >= 4 is 62.3 Å². The highest BCUT2D eigenvalue weighted by molar-refractivity contribution is 9.10. The fourth-order valence-electron chi connectivity index (χ4n) is 3.50. The van der Waals surface area contributed by atoms with Crippen LogP contribution in [0.3, 0.4) is 0 Å². The van der Waals surface area contributed by atoms with Crippen LogP contribution in [0.25, 0.3) is 0 Å². The van der Waals surface area contributed by atoms with Gasteiger partial charge in [0, 0.05) is 30.2 Å². The Morgan fingerprint density at radius 1 is 1.21 bits per heavy atom. The second kappa shape index (κ2) is 10.4.